The minimum Gasteiger partial charge on any atom is -0.493 e. The van der Waals surface area contributed by atoms with E-state index in [-0.39, 0.29) is 12.2 Å². The van der Waals surface area contributed by atoms with Crippen molar-refractivity contribution in [3.63, 3.8) is 0 Å². The predicted octanol–water partition coefficient (Wildman–Crippen LogP) is 5.21. The van der Waals surface area contributed by atoms with Crippen LogP contribution in [0, 0.1) is 0 Å². The number of hydrogen-bond donors (Lipinski definition) is 0. The quantitative estimate of drug-likeness (QED) is 0.362. The number of methoxy groups -OCH3 is 1. The zero-order valence-electron chi connectivity index (χ0n) is 18.4. The molecule has 0 atom stereocenters. The number of ether oxygens (including phenoxy) is 4. The largest absolute Gasteiger partial charge is 0.493 e. The van der Waals surface area contributed by atoms with Gasteiger partial charge in [0.05, 0.1) is 12.6 Å². The summed E-state index contributed by atoms with van der Waals surface area (Å²) in [5, 5.41) is 1.02. The number of carbonyl (C=O) groups excluding carboxylic acids is 1. The predicted molar refractivity (Wildman–Crippen MR) is 127 cm³/mol. The summed E-state index contributed by atoms with van der Waals surface area (Å²) in [4.78, 5) is 21.1. The van der Waals surface area contributed by atoms with Crippen molar-refractivity contribution in [1.29, 1.82) is 0 Å². The lowest BCUT2D eigenvalue weighted by molar-refractivity contribution is -0.117. The molecule has 1 aromatic heterocycles. The molecule has 0 saturated heterocycles. The summed E-state index contributed by atoms with van der Waals surface area (Å²) in [7, 11) is 1.56. The third-order valence-electron chi connectivity index (χ3n) is 5.43. The van der Waals surface area contributed by atoms with Crippen molar-refractivity contribution in [3.05, 3.63) is 77.1 Å². The highest BCUT2D eigenvalue weighted by molar-refractivity contribution is 6.31. The van der Waals surface area contributed by atoms with Crippen LogP contribution >= 0.6 is 11.6 Å². The van der Waals surface area contributed by atoms with Crippen molar-refractivity contribution in [2.24, 2.45) is 0 Å². The number of benzene rings is 3. The molecule has 1 aliphatic rings. The second-order valence-corrected chi connectivity index (χ2v) is 8.15. The molecule has 7 nitrogen and oxygen atoms in total. The Kier molecular flexibility index (Phi) is 6.18. The van der Waals surface area contributed by atoms with E-state index in [1.54, 1.807) is 31.4 Å². The first kappa shape index (κ1) is 22.0. The molecule has 1 aliphatic heterocycles. The minimum atomic E-state index is 0.0845. The Balaban J connectivity index is 1.40. The van der Waals surface area contributed by atoms with Crippen LogP contribution in [0.25, 0.3) is 10.9 Å². The molecule has 0 spiro atoms. The standard InChI is InChI=1S/C26H21ClN2O5/c1-31-22-14-21-23(25-24(22)32-9-10-33-25)26(29-15-28-21)34-19-8-7-17(20(27)13-19)12-18(30)11-16-5-3-2-4-6-16/h2-8,13-15H,9-12H2,1H3. The fourth-order valence-electron chi connectivity index (χ4n) is 3.86. The van der Waals surface area contributed by atoms with E-state index in [0.717, 1.165) is 11.1 Å². The first-order valence-corrected chi connectivity index (χ1v) is 11.1. The Morgan fingerprint density at radius 2 is 1.79 bits per heavy atom. The highest BCUT2D eigenvalue weighted by atomic mass is 35.5. The molecule has 34 heavy (non-hydrogen) atoms. The van der Waals surface area contributed by atoms with Gasteiger partial charge in [0.2, 0.25) is 11.6 Å². The van der Waals surface area contributed by atoms with Crippen molar-refractivity contribution >= 4 is 28.3 Å². The third kappa shape index (κ3) is 4.47. The van der Waals surface area contributed by atoms with Gasteiger partial charge in [-0.1, -0.05) is 48.0 Å². The van der Waals surface area contributed by atoms with E-state index in [4.69, 9.17) is 30.5 Å². The van der Waals surface area contributed by atoms with Gasteiger partial charge >= 0.3 is 0 Å². The molecule has 0 bridgehead atoms. The van der Waals surface area contributed by atoms with Crippen molar-refractivity contribution in [2.45, 2.75) is 12.8 Å². The van der Waals surface area contributed by atoms with Gasteiger partial charge in [-0.15, -0.1) is 0 Å². The van der Waals surface area contributed by atoms with Gasteiger partial charge < -0.3 is 18.9 Å². The maximum Gasteiger partial charge on any atom is 0.234 e. The maximum absolute atomic E-state index is 12.5. The number of nitrogens with zero attached hydrogens (tertiary/aromatic N) is 2. The Hall–Kier alpha value is -3.84. The minimum absolute atomic E-state index is 0.0845. The lowest BCUT2D eigenvalue weighted by atomic mass is 10.0. The van der Waals surface area contributed by atoms with E-state index < -0.39 is 0 Å². The summed E-state index contributed by atoms with van der Waals surface area (Å²) < 4.78 is 23.1. The molecule has 0 fully saturated rings. The summed E-state index contributed by atoms with van der Waals surface area (Å²) in [6.07, 6.45) is 2.01. The van der Waals surface area contributed by atoms with Gasteiger partial charge in [-0.05, 0) is 23.3 Å². The molecule has 4 aromatic rings. The van der Waals surface area contributed by atoms with Gasteiger partial charge in [0.15, 0.2) is 11.5 Å². The van der Waals surface area contributed by atoms with Crippen LogP contribution in [0.15, 0.2) is 60.9 Å². The molecule has 3 aromatic carbocycles. The number of aromatic nitrogens is 2. The van der Waals surface area contributed by atoms with Gasteiger partial charge in [-0.3, -0.25) is 4.79 Å². The average molecular weight is 477 g/mol. The van der Waals surface area contributed by atoms with Crippen molar-refractivity contribution < 1.29 is 23.7 Å². The first-order valence-electron chi connectivity index (χ1n) is 10.8. The van der Waals surface area contributed by atoms with Crippen LogP contribution in [-0.2, 0) is 17.6 Å². The fraction of sp³-hybridized carbons (Fsp3) is 0.192. The van der Waals surface area contributed by atoms with Crippen LogP contribution in [0.1, 0.15) is 11.1 Å². The van der Waals surface area contributed by atoms with Crippen LogP contribution in [0.4, 0.5) is 0 Å². The number of fused-ring (bicyclic) bond motifs is 3. The summed E-state index contributed by atoms with van der Waals surface area (Å²) in [6.45, 7) is 0.806. The number of hydrogen-bond acceptors (Lipinski definition) is 7. The molecule has 0 unspecified atom stereocenters. The normalized spacial score (nSPS) is 12.4. The number of rotatable bonds is 7. The van der Waals surface area contributed by atoms with Crippen LogP contribution in [0.3, 0.4) is 0 Å². The third-order valence-corrected chi connectivity index (χ3v) is 5.79. The summed E-state index contributed by atoms with van der Waals surface area (Å²) in [5.41, 5.74) is 2.31. The Labute approximate surface area is 201 Å². The number of Topliss-reactive ketones (excluding diaryl/α,β-unsaturated/α-hetero) is 1. The average Bonchev–Trinajstić information content (AvgIpc) is 2.86. The molecule has 0 N–H and O–H groups in total. The highest BCUT2D eigenvalue weighted by Gasteiger charge is 2.25. The van der Waals surface area contributed by atoms with E-state index in [0.29, 0.717) is 64.4 Å². The molecule has 2 heterocycles. The summed E-state index contributed by atoms with van der Waals surface area (Å²) in [5.74, 6) is 2.36. The van der Waals surface area contributed by atoms with Gasteiger partial charge in [0.25, 0.3) is 0 Å². The van der Waals surface area contributed by atoms with Crippen LogP contribution in [0.5, 0.6) is 28.9 Å². The Bertz CT molecular complexity index is 1360. The zero-order valence-corrected chi connectivity index (χ0v) is 19.2. The van der Waals surface area contributed by atoms with Gasteiger partial charge in [0.1, 0.15) is 36.5 Å². The van der Waals surface area contributed by atoms with Crippen molar-refractivity contribution in [3.8, 4) is 28.9 Å². The van der Waals surface area contributed by atoms with Gasteiger partial charge in [-0.25, -0.2) is 9.97 Å². The molecule has 0 saturated carbocycles. The monoisotopic (exact) mass is 476 g/mol. The second kappa shape index (κ2) is 9.57. The molecule has 0 amide bonds. The molecule has 0 radical (unpaired) electrons. The number of carbonyl (C=O) groups is 1. The van der Waals surface area contributed by atoms with Gasteiger partial charge in [-0.2, -0.15) is 0 Å². The van der Waals surface area contributed by atoms with Gasteiger partial charge in [0, 0.05) is 23.9 Å². The van der Waals surface area contributed by atoms with Crippen molar-refractivity contribution in [1.82, 2.24) is 9.97 Å². The van der Waals surface area contributed by atoms with Crippen LogP contribution < -0.4 is 18.9 Å². The number of halogens is 1. The molecular formula is C26H21ClN2O5. The molecule has 5 rings (SSSR count). The van der Waals surface area contributed by atoms with E-state index in [1.807, 2.05) is 30.3 Å². The lowest BCUT2D eigenvalue weighted by Crippen LogP contribution is -2.16. The molecule has 8 heteroatoms. The summed E-state index contributed by atoms with van der Waals surface area (Å²) >= 11 is 6.49. The smallest absolute Gasteiger partial charge is 0.234 e. The zero-order chi connectivity index (χ0) is 23.5. The van der Waals surface area contributed by atoms with E-state index >= 15 is 0 Å². The highest BCUT2D eigenvalue weighted by Crippen LogP contribution is 2.47. The van der Waals surface area contributed by atoms with Crippen LogP contribution in [-0.4, -0.2) is 36.1 Å². The van der Waals surface area contributed by atoms with E-state index in [1.165, 1.54) is 6.33 Å². The number of ketones is 1. The molecule has 172 valence electrons. The van der Waals surface area contributed by atoms with E-state index in [9.17, 15) is 4.79 Å². The van der Waals surface area contributed by atoms with Crippen molar-refractivity contribution in [2.75, 3.05) is 20.3 Å². The lowest BCUT2D eigenvalue weighted by Gasteiger charge is -2.22. The Morgan fingerprint density at radius 1 is 1.00 bits per heavy atom. The summed E-state index contributed by atoms with van der Waals surface area (Å²) in [6, 6.07) is 16.6. The maximum atomic E-state index is 12.5. The van der Waals surface area contributed by atoms with Crippen LogP contribution in [0.2, 0.25) is 5.02 Å². The topological polar surface area (TPSA) is 79.8 Å². The fourth-order valence-corrected chi connectivity index (χ4v) is 4.09. The molecule has 0 aliphatic carbocycles. The molecular weight excluding hydrogens is 456 g/mol. The Morgan fingerprint density at radius 3 is 2.56 bits per heavy atom. The second-order valence-electron chi connectivity index (χ2n) is 7.74. The first-order chi connectivity index (χ1) is 16.6. The SMILES string of the molecule is COc1cc2ncnc(Oc3ccc(CC(=O)Cc4ccccc4)c(Cl)c3)c2c2c1OCCO2. The van der Waals surface area contributed by atoms with E-state index in [2.05, 4.69) is 9.97 Å².